The highest BCUT2D eigenvalue weighted by molar-refractivity contribution is 9.10. The molecule has 0 amide bonds. The molecule has 0 aromatic heterocycles. The van der Waals surface area contributed by atoms with Gasteiger partial charge in [0.1, 0.15) is 16.5 Å². The second-order valence-electron chi connectivity index (χ2n) is 4.50. The Morgan fingerprint density at radius 2 is 1.85 bits per heavy atom. The van der Waals surface area contributed by atoms with Gasteiger partial charge in [-0.15, -0.1) is 0 Å². The fourth-order valence-corrected chi connectivity index (χ4v) is 4.57. The molecular formula is C12H17BrF2N2O2S. The van der Waals surface area contributed by atoms with E-state index in [1.807, 2.05) is 0 Å². The molecule has 0 aliphatic heterocycles. The molecule has 0 atom stereocenters. The Kier molecular flexibility index (Phi) is 5.65. The van der Waals surface area contributed by atoms with Crippen LogP contribution in [-0.4, -0.2) is 20.5 Å². The smallest absolute Gasteiger partial charge is 0.245 e. The summed E-state index contributed by atoms with van der Waals surface area (Å²) < 4.78 is 53.7. The second-order valence-corrected chi connectivity index (χ2v) is 6.97. The predicted octanol–water partition coefficient (Wildman–Crippen LogP) is 2.52. The van der Waals surface area contributed by atoms with Gasteiger partial charge in [-0.05, 0) is 34.8 Å². The molecule has 1 aromatic rings. The summed E-state index contributed by atoms with van der Waals surface area (Å²) in [5.74, 6) is -2.01. The van der Waals surface area contributed by atoms with Crippen LogP contribution in [0.4, 0.5) is 8.78 Å². The highest BCUT2D eigenvalue weighted by Gasteiger charge is 2.33. The lowest BCUT2D eigenvalue weighted by Gasteiger charge is -2.31. The van der Waals surface area contributed by atoms with Crippen molar-refractivity contribution in [3.63, 3.8) is 0 Å². The van der Waals surface area contributed by atoms with Crippen LogP contribution in [0.15, 0.2) is 21.5 Å². The summed E-state index contributed by atoms with van der Waals surface area (Å²) in [7, 11) is -4.15. The van der Waals surface area contributed by atoms with Crippen LogP contribution < -0.4 is 10.5 Å². The number of hydrogen-bond acceptors (Lipinski definition) is 3. The third-order valence-electron chi connectivity index (χ3n) is 3.33. The zero-order valence-corrected chi connectivity index (χ0v) is 13.6. The van der Waals surface area contributed by atoms with Crippen LogP contribution in [0.2, 0.25) is 0 Å². The number of rotatable bonds is 6. The average Bonchev–Trinajstić information content (AvgIpc) is 2.34. The third kappa shape index (κ3) is 3.55. The summed E-state index contributed by atoms with van der Waals surface area (Å²) in [6.07, 6.45) is 0.916. The molecule has 0 heterocycles. The van der Waals surface area contributed by atoms with E-state index < -0.39 is 32.1 Å². The van der Waals surface area contributed by atoms with Crippen LogP contribution in [0.3, 0.4) is 0 Å². The van der Waals surface area contributed by atoms with Gasteiger partial charge in [0.25, 0.3) is 0 Å². The van der Waals surface area contributed by atoms with Gasteiger partial charge in [0, 0.05) is 22.6 Å². The number of nitrogens with one attached hydrogen (secondary N) is 1. The molecule has 0 fully saturated rings. The van der Waals surface area contributed by atoms with Crippen LogP contribution in [-0.2, 0) is 10.0 Å². The fraction of sp³-hybridized carbons (Fsp3) is 0.500. The Hall–Kier alpha value is -0.570. The molecule has 4 nitrogen and oxygen atoms in total. The van der Waals surface area contributed by atoms with Crippen molar-refractivity contribution in [2.24, 2.45) is 5.73 Å². The van der Waals surface area contributed by atoms with E-state index in [0.717, 1.165) is 6.07 Å². The van der Waals surface area contributed by atoms with Crippen LogP contribution in [0.25, 0.3) is 0 Å². The average molecular weight is 371 g/mol. The summed E-state index contributed by atoms with van der Waals surface area (Å²) in [5, 5.41) is 0. The highest BCUT2D eigenvalue weighted by Crippen LogP contribution is 2.28. The largest absolute Gasteiger partial charge is 0.329 e. The maximum atomic E-state index is 13.8. The maximum absolute atomic E-state index is 13.8. The Morgan fingerprint density at radius 3 is 2.25 bits per heavy atom. The van der Waals surface area contributed by atoms with E-state index >= 15 is 0 Å². The van der Waals surface area contributed by atoms with Crippen molar-refractivity contribution < 1.29 is 17.2 Å². The van der Waals surface area contributed by atoms with E-state index in [-0.39, 0.29) is 11.0 Å². The fourth-order valence-electron chi connectivity index (χ4n) is 1.85. The quantitative estimate of drug-likeness (QED) is 0.807. The molecular weight excluding hydrogens is 354 g/mol. The summed E-state index contributed by atoms with van der Waals surface area (Å²) in [4.78, 5) is -0.612. The standard InChI is InChI=1S/C12H17BrF2N2O2S/c1-3-12(4-2,7-16)17-20(18,19)11-9(13)5-8(14)6-10(11)15/h5-6,17H,3-4,7,16H2,1-2H3. The normalized spacial score (nSPS) is 12.7. The summed E-state index contributed by atoms with van der Waals surface area (Å²) in [6.45, 7) is 3.66. The second kappa shape index (κ2) is 6.46. The maximum Gasteiger partial charge on any atom is 0.245 e. The summed E-state index contributed by atoms with van der Waals surface area (Å²) in [5.41, 5.74) is 4.77. The molecule has 114 valence electrons. The van der Waals surface area contributed by atoms with Gasteiger partial charge in [-0.1, -0.05) is 13.8 Å². The topological polar surface area (TPSA) is 72.2 Å². The monoisotopic (exact) mass is 370 g/mol. The van der Waals surface area contributed by atoms with Crippen LogP contribution >= 0.6 is 15.9 Å². The first-order chi connectivity index (χ1) is 9.21. The third-order valence-corrected chi connectivity index (χ3v) is 5.87. The molecule has 1 aromatic carbocycles. The van der Waals surface area contributed by atoms with Gasteiger partial charge in [0.15, 0.2) is 0 Å². The number of sulfonamides is 1. The molecule has 3 N–H and O–H groups in total. The van der Waals surface area contributed by atoms with Crippen molar-refractivity contribution in [3.8, 4) is 0 Å². The minimum atomic E-state index is -4.15. The molecule has 0 radical (unpaired) electrons. The molecule has 0 unspecified atom stereocenters. The first-order valence-corrected chi connectivity index (χ1v) is 8.37. The minimum absolute atomic E-state index is 0.0830. The Bertz CT molecular complexity index is 558. The summed E-state index contributed by atoms with van der Waals surface area (Å²) >= 11 is 2.88. The zero-order chi connectivity index (χ0) is 15.6. The van der Waals surface area contributed by atoms with Gasteiger partial charge in [-0.25, -0.2) is 21.9 Å². The van der Waals surface area contributed by atoms with Crippen LogP contribution in [0.5, 0.6) is 0 Å². The van der Waals surface area contributed by atoms with Gasteiger partial charge in [-0.2, -0.15) is 0 Å². The molecule has 1 rings (SSSR count). The van der Waals surface area contributed by atoms with Crippen LogP contribution in [0, 0.1) is 11.6 Å². The van der Waals surface area contributed by atoms with Crippen LogP contribution in [0.1, 0.15) is 26.7 Å². The van der Waals surface area contributed by atoms with Crippen molar-refractivity contribution in [1.29, 1.82) is 0 Å². The van der Waals surface area contributed by atoms with Gasteiger partial charge in [0.05, 0.1) is 0 Å². The van der Waals surface area contributed by atoms with E-state index in [2.05, 4.69) is 20.7 Å². The van der Waals surface area contributed by atoms with Crippen molar-refractivity contribution >= 4 is 26.0 Å². The molecule has 0 aliphatic carbocycles. The lowest BCUT2D eigenvalue weighted by Crippen LogP contribution is -2.52. The predicted molar refractivity (Wildman–Crippen MR) is 76.7 cm³/mol. The van der Waals surface area contributed by atoms with E-state index in [1.54, 1.807) is 13.8 Å². The number of halogens is 3. The Balaban J connectivity index is 3.32. The van der Waals surface area contributed by atoms with Gasteiger partial charge in [0.2, 0.25) is 10.0 Å². The van der Waals surface area contributed by atoms with Gasteiger partial charge < -0.3 is 5.73 Å². The Labute approximate surface area is 125 Å². The first kappa shape index (κ1) is 17.5. The van der Waals surface area contributed by atoms with E-state index in [1.165, 1.54) is 0 Å². The van der Waals surface area contributed by atoms with E-state index in [9.17, 15) is 17.2 Å². The molecule has 0 aliphatic rings. The van der Waals surface area contributed by atoms with Crippen molar-refractivity contribution in [1.82, 2.24) is 4.72 Å². The van der Waals surface area contributed by atoms with Gasteiger partial charge in [-0.3, -0.25) is 0 Å². The van der Waals surface area contributed by atoms with Crippen molar-refractivity contribution in [2.45, 2.75) is 37.1 Å². The highest BCUT2D eigenvalue weighted by atomic mass is 79.9. The number of hydrogen-bond donors (Lipinski definition) is 2. The van der Waals surface area contributed by atoms with Crippen molar-refractivity contribution in [3.05, 3.63) is 28.2 Å². The molecule has 8 heteroatoms. The molecule has 0 bridgehead atoms. The van der Waals surface area contributed by atoms with Gasteiger partial charge >= 0.3 is 0 Å². The molecule has 0 saturated carbocycles. The number of nitrogens with two attached hydrogens (primary N) is 1. The first-order valence-electron chi connectivity index (χ1n) is 6.10. The number of benzene rings is 1. The van der Waals surface area contributed by atoms with Crippen molar-refractivity contribution in [2.75, 3.05) is 6.54 Å². The molecule has 20 heavy (non-hydrogen) atoms. The molecule has 0 spiro atoms. The lowest BCUT2D eigenvalue weighted by molar-refractivity contribution is 0.362. The molecule has 0 saturated heterocycles. The minimum Gasteiger partial charge on any atom is -0.329 e. The summed E-state index contributed by atoms with van der Waals surface area (Å²) in [6, 6.07) is 1.43. The zero-order valence-electron chi connectivity index (χ0n) is 11.2. The SMILES string of the molecule is CCC(CC)(CN)NS(=O)(=O)c1c(F)cc(F)cc1Br. The van der Waals surface area contributed by atoms with E-state index in [4.69, 9.17) is 5.73 Å². The lowest BCUT2D eigenvalue weighted by atomic mass is 9.95. The van der Waals surface area contributed by atoms with E-state index in [0.29, 0.717) is 18.9 Å². The Morgan fingerprint density at radius 1 is 1.30 bits per heavy atom.